The fourth-order valence-corrected chi connectivity index (χ4v) is 3.50. The van der Waals surface area contributed by atoms with E-state index >= 15 is 0 Å². The molecule has 0 atom stereocenters. The Kier molecular flexibility index (Phi) is 3.03. The first-order valence-corrected chi connectivity index (χ1v) is 7.29. The average molecular weight is 283 g/mol. The summed E-state index contributed by atoms with van der Waals surface area (Å²) < 4.78 is 2.33. The van der Waals surface area contributed by atoms with Crippen LogP contribution in [0.2, 0.25) is 5.02 Å². The first-order chi connectivity index (χ1) is 8.64. The van der Waals surface area contributed by atoms with Gasteiger partial charge in [0.2, 0.25) is 0 Å². The topological polar surface area (TPSA) is 17.8 Å². The lowest BCUT2D eigenvalue weighted by atomic mass is 9.99. The number of halogens is 2. The predicted molar refractivity (Wildman–Crippen MR) is 76.4 cm³/mol. The fourth-order valence-electron chi connectivity index (χ4n) is 3.16. The molecule has 0 radical (unpaired) electrons. The molecule has 0 aliphatic heterocycles. The van der Waals surface area contributed by atoms with Crippen LogP contribution < -0.4 is 0 Å². The molecular formula is C14H16Cl2N2. The molecule has 3 rings (SSSR count). The standard InChI is InChI=1S/C14H16Cl2N2/c1-14(6-2-3-7-14)18-12-5-4-10(16)8-11(12)17-13(18)9-15/h4-5,8H,2-3,6-7,9H2,1H3. The number of fused-ring (bicyclic) bond motifs is 1. The van der Waals surface area contributed by atoms with E-state index in [1.54, 1.807) is 0 Å². The van der Waals surface area contributed by atoms with Gasteiger partial charge in [0.05, 0.1) is 16.9 Å². The van der Waals surface area contributed by atoms with Crippen LogP contribution in [0.4, 0.5) is 0 Å². The van der Waals surface area contributed by atoms with Crippen molar-refractivity contribution in [3.63, 3.8) is 0 Å². The molecule has 2 aromatic rings. The molecule has 2 nitrogen and oxygen atoms in total. The van der Waals surface area contributed by atoms with Crippen molar-refractivity contribution >= 4 is 34.2 Å². The van der Waals surface area contributed by atoms with Gasteiger partial charge in [-0.1, -0.05) is 24.4 Å². The van der Waals surface area contributed by atoms with Gasteiger partial charge in [0, 0.05) is 10.6 Å². The van der Waals surface area contributed by atoms with Gasteiger partial charge in [-0.05, 0) is 38.0 Å². The number of hydrogen-bond donors (Lipinski definition) is 0. The average Bonchev–Trinajstić information content (AvgIpc) is 2.92. The fraction of sp³-hybridized carbons (Fsp3) is 0.500. The van der Waals surface area contributed by atoms with E-state index in [0.717, 1.165) is 21.9 Å². The van der Waals surface area contributed by atoms with Crippen LogP contribution in [0.25, 0.3) is 11.0 Å². The number of nitrogens with zero attached hydrogens (tertiary/aromatic N) is 2. The van der Waals surface area contributed by atoms with Crippen molar-refractivity contribution in [2.24, 2.45) is 0 Å². The van der Waals surface area contributed by atoms with E-state index in [4.69, 9.17) is 23.2 Å². The zero-order valence-corrected chi connectivity index (χ0v) is 11.9. The maximum atomic E-state index is 6.07. The lowest BCUT2D eigenvalue weighted by Gasteiger charge is -2.28. The summed E-state index contributed by atoms with van der Waals surface area (Å²) in [5.41, 5.74) is 2.26. The largest absolute Gasteiger partial charge is 0.321 e. The normalized spacial score (nSPS) is 18.6. The van der Waals surface area contributed by atoms with Crippen molar-refractivity contribution in [2.75, 3.05) is 0 Å². The lowest BCUT2D eigenvalue weighted by molar-refractivity contribution is 0.331. The molecule has 0 unspecified atom stereocenters. The van der Waals surface area contributed by atoms with E-state index in [0.29, 0.717) is 5.88 Å². The third-order valence-electron chi connectivity index (χ3n) is 4.03. The van der Waals surface area contributed by atoms with Crippen LogP contribution in [0.15, 0.2) is 18.2 Å². The number of imidazole rings is 1. The van der Waals surface area contributed by atoms with E-state index in [1.165, 1.54) is 25.7 Å². The van der Waals surface area contributed by atoms with Gasteiger partial charge < -0.3 is 4.57 Å². The highest BCUT2D eigenvalue weighted by Crippen LogP contribution is 2.39. The predicted octanol–water partition coefficient (Wildman–Crippen LogP) is 4.72. The van der Waals surface area contributed by atoms with Crippen LogP contribution >= 0.6 is 23.2 Å². The Hall–Kier alpha value is -0.730. The monoisotopic (exact) mass is 282 g/mol. The quantitative estimate of drug-likeness (QED) is 0.729. The molecule has 0 bridgehead atoms. The van der Waals surface area contributed by atoms with Crippen LogP contribution in [0.1, 0.15) is 38.4 Å². The summed E-state index contributed by atoms with van der Waals surface area (Å²) >= 11 is 12.1. The van der Waals surface area contributed by atoms with Crippen molar-refractivity contribution in [3.8, 4) is 0 Å². The molecule has 1 fully saturated rings. The van der Waals surface area contributed by atoms with Gasteiger partial charge in [0.1, 0.15) is 5.82 Å². The Labute approximate surface area is 117 Å². The summed E-state index contributed by atoms with van der Waals surface area (Å²) in [6, 6.07) is 5.91. The number of aromatic nitrogens is 2. The molecule has 96 valence electrons. The molecule has 1 saturated carbocycles. The second kappa shape index (κ2) is 4.43. The summed E-state index contributed by atoms with van der Waals surface area (Å²) in [4.78, 5) is 4.63. The summed E-state index contributed by atoms with van der Waals surface area (Å²) in [5, 5.41) is 0.727. The SMILES string of the molecule is CC1(n2c(CCl)nc3cc(Cl)ccc32)CCCC1. The Morgan fingerprint density at radius 3 is 2.72 bits per heavy atom. The second-order valence-corrected chi connectivity index (χ2v) is 6.04. The van der Waals surface area contributed by atoms with Gasteiger partial charge in [0.25, 0.3) is 0 Å². The number of hydrogen-bond acceptors (Lipinski definition) is 1. The first-order valence-electron chi connectivity index (χ1n) is 6.37. The van der Waals surface area contributed by atoms with Gasteiger partial charge in [-0.15, -0.1) is 11.6 Å². The van der Waals surface area contributed by atoms with E-state index in [-0.39, 0.29) is 5.54 Å². The molecule has 1 aromatic heterocycles. The minimum Gasteiger partial charge on any atom is -0.321 e. The van der Waals surface area contributed by atoms with Crippen LogP contribution in [-0.4, -0.2) is 9.55 Å². The molecule has 18 heavy (non-hydrogen) atoms. The lowest BCUT2D eigenvalue weighted by Crippen LogP contribution is -2.27. The summed E-state index contributed by atoms with van der Waals surface area (Å²) in [6.45, 7) is 2.31. The third kappa shape index (κ3) is 1.83. The Bertz CT molecular complexity index is 583. The van der Waals surface area contributed by atoms with Gasteiger partial charge >= 0.3 is 0 Å². The van der Waals surface area contributed by atoms with Gasteiger partial charge in [-0.3, -0.25) is 0 Å². The minimum absolute atomic E-state index is 0.160. The molecule has 1 aliphatic carbocycles. The van der Waals surface area contributed by atoms with Crippen LogP contribution in [0.5, 0.6) is 0 Å². The number of benzene rings is 1. The zero-order chi connectivity index (χ0) is 12.8. The Balaban J connectivity index is 2.25. The summed E-state index contributed by atoms with van der Waals surface area (Å²) in [6.07, 6.45) is 4.97. The molecule has 1 aliphatic rings. The smallest absolute Gasteiger partial charge is 0.125 e. The second-order valence-electron chi connectivity index (χ2n) is 5.33. The van der Waals surface area contributed by atoms with Gasteiger partial charge in [-0.2, -0.15) is 0 Å². The van der Waals surface area contributed by atoms with Crippen LogP contribution in [0.3, 0.4) is 0 Å². The van der Waals surface area contributed by atoms with Crippen molar-refractivity contribution < 1.29 is 0 Å². The molecular weight excluding hydrogens is 267 g/mol. The maximum Gasteiger partial charge on any atom is 0.125 e. The van der Waals surface area contributed by atoms with E-state index in [2.05, 4.69) is 22.5 Å². The first kappa shape index (κ1) is 12.3. The van der Waals surface area contributed by atoms with E-state index in [9.17, 15) is 0 Å². The van der Waals surface area contributed by atoms with Crippen molar-refractivity contribution in [1.29, 1.82) is 0 Å². The van der Waals surface area contributed by atoms with Crippen molar-refractivity contribution in [2.45, 2.75) is 44.0 Å². The van der Waals surface area contributed by atoms with Crippen molar-refractivity contribution in [1.82, 2.24) is 9.55 Å². The molecule has 0 amide bonds. The zero-order valence-electron chi connectivity index (χ0n) is 10.4. The molecule has 1 aromatic carbocycles. The minimum atomic E-state index is 0.160. The van der Waals surface area contributed by atoms with Gasteiger partial charge in [-0.25, -0.2) is 4.98 Å². The van der Waals surface area contributed by atoms with Crippen LogP contribution in [0, 0.1) is 0 Å². The molecule has 1 heterocycles. The third-order valence-corrected chi connectivity index (χ3v) is 4.50. The molecule has 0 spiro atoms. The summed E-state index contributed by atoms with van der Waals surface area (Å²) in [7, 11) is 0. The van der Waals surface area contributed by atoms with Crippen molar-refractivity contribution in [3.05, 3.63) is 29.0 Å². The maximum absolute atomic E-state index is 6.07. The number of rotatable bonds is 2. The molecule has 4 heteroatoms. The summed E-state index contributed by atoms with van der Waals surface area (Å²) in [5.74, 6) is 1.40. The van der Waals surface area contributed by atoms with Crippen LogP contribution in [-0.2, 0) is 11.4 Å². The van der Waals surface area contributed by atoms with E-state index < -0.39 is 0 Å². The van der Waals surface area contributed by atoms with Gasteiger partial charge in [0.15, 0.2) is 0 Å². The Morgan fingerprint density at radius 2 is 2.06 bits per heavy atom. The Morgan fingerprint density at radius 1 is 1.33 bits per heavy atom. The highest BCUT2D eigenvalue weighted by Gasteiger charge is 2.33. The highest BCUT2D eigenvalue weighted by atomic mass is 35.5. The van der Waals surface area contributed by atoms with E-state index in [1.807, 2.05) is 12.1 Å². The molecule has 0 saturated heterocycles. The highest BCUT2D eigenvalue weighted by molar-refractivity contribution is 6.31. The molecule has 0 N–H and O–H groups in total. The number of alkyl halides is 1.